The number of anilines is 1. The predicted molar refractivity (Wildman–Crippen MR) is 47.5 cm³/mol. The molecule has 0 unspecified atom stereocenters. The zero-order valence-electron chi connectivity index (χ0n) is 7.32. The van der Waals surface area contributed by atoms with E-state index in [-0.39, 0.29) is 6.03 Å². The van der Waals surface area contributed by atoms with E-state index in [0.717, 1.165) is 5.69 Å². The zero-order valence-corrected chi connectivity index (χ0v) is 7.32. The highest BCUT2D eigenvalue weighted by atomic mass is 16.2. The zero-order chi connectivity index (χ0) is 9.26. The van der Waals surface area contributed by atoms with E-state index in [1.165, 1.54) is 0 Å². The lowest BCUT2D eigenvalue weighted by Gasteiger charge is -2.12. The van der Waals surface area contributed by atoms with Gasteiger partial charge in [0.1, 0.15) is 5.82 Å². The standard InChI is InChI=1S/C8H10N4O/c1-6-10-4-7(5-11-6)12-3-2-9-8(12)13/h4-5H,2-3H2,1H3,(H,9,13). The molecule has 13 heavy (non-hydrogen) atoms. The number of rotatable bonds is 1. The summed E-state index contributed by atoms with van der Waals surface area (Å²) in [6.45, 7) is 3.19. The maximum absolute atomic E-state index is 11.2. The second-order valence-electron chi connectivity index (χ2n) is 2.87. The lowest BCUT2D eigenvalue weighted by atomic mass is 10.4. The van der Waals surface area contributed by atoms with Gasteiger partial charge in [0.15, 0.2) is 0 Å². The Balaban J connectivity index is 2.25. The Morgan fingerprint density at radius 2 is 2.15 bits per heavy atom. The number of urea groups is 1. The molecule has 0 spiro atoms. The first-order chi connectivity index (χ1) is 6.27. The minimum atomic E-state index is -0.0764. The summed E-state index contributed by atoms with van der Waals surface area (Å²) in [7, 11) is 0. The molecular weight excluding hydrogens is 168 g/mol. The van der Waals surface area contributed by atoms with Gasteiger partial charge in [0.05, 0.1) is 18.1 Å². The topological polar surface area (TPSA) is 58.1 Å². The molecular formula is C8H10N4O. The number of carbonyl (C=O) groups is 1. The van der Waals surface area contributed by atoms with Gasteiger partial charge in [-0.3, -0.25) is 4.90 Å². The van der Waals surface area contributed by atoms with Crippen LogP contribution in [0, 0.1) is 6.92 Å². The second-order valence-corrected chi connectivity index (χ2v) is 2.87. The minimum Gasteiger partial charge on any atom is -0.336 e. The van der Waals surface area contributed by atoms with Gasteiger partial charge < -0.3 is 5.32 Å². The van der Waals surface area contributed by atoms with Gasteiger partial charge in [-0.05, 0) is 6.92 Å². The molecule has 1 aromatic rings. The van der Waals surface area contributed by atoms with Crippen LogP contribution in [0.1, 0.15) is 5.82 Å². The van der Waals surface area contributed by atoms with Crippen molar-refractivity contribution in [3.05, 3.63) is 18.2 Å². The monoisotopic (exact) mass is 178 g/mol. The molecule has 2 heterocycles. The van der Waals surface area contributed by atoms with E-state index < -0.39 is 0 Å². The normalized spacial score (nSPS) is 16.1. The molecule has 0 aliphatic carbocycles. The molecule has 0 radical (unpaired) electrons. The van der Waals surface area contributed by atoms with Crippen molar-refractivity contribution in [1.29, 1.82) is 0 Å². The largest absolute Gasteiger partial charge is 0.336 e. The van der Waals surface area contributed by atoms with E-state index in [9.17, 15) is 4.79 Å². The third-order valence-electron chi connectivity index (χ3n) is 1.94. The summed E-state index contributed by atoms with van der Waals surface area (Å²) in [5.74, 6) is 0.711. The van der Waals surface area contributed by atoms with E-state index in [1.54, 1.807) is 17.3 Å². The van der Waals surface area contributed by atoms with Crippen LogP contribution in [0.4, 0.5) is 10.5 Å². The smallest absolute Gasteiger partial charge is 0.322 e. The fraction of sp³-hybridized carbons (Fsp3) is 0.375. The van der Waals surface area contributed by atoms with Gasteiger partial charge in [-0.1, -0.05) is 0 Å². The molecule has 1 N–H and O–H groups in total. The first-order valence-corrected chi connectivity index (χ1v) is 4.11. The average molecular weight is 178 g/mol. The summed E-state index contributed by atoms with van der Waals surface area (Å²) >= 11 is 0. The van der Waals surface area contributed by atoms with Crippen LogP contribution in [-0.4, -0.2) is 29.1 Å². The molecule has 0 saturated carbocycles. The Morgan fingerprint density at radius 1 is 1.46 bits per heavy atom. The summed E-state index contributed by atoms with van der Waals surface area (Å²) in [4.78, 5) is 20.9. The van der Waals surface area contributed by atoms with Crippen molar-refractivity contribution in [2.24, 2.45) is 0 Å². The van der Waals surface area contributed by atoms with Crippen molar-refractivity contribution in [2.45, 2.75) is 6.92 Å². The number of hydrogen-bond acceptors (Lipinski definition) is 3. The van der Waals surface area contributed by atoms with Crippen LogP contribution in [0.3, 0.4) is 0 Å². The maximum Gasteiger partial charge on any atom is 0.322 e. The lowest BCUT2D eigenvalue weighted by Crippen LogP contribution is -2.27. The molecule has 5 heteroatoms. The molecule has 2 amide bonds. The van der Waals surface area contributed by atoms with Crippen LogP contribution in [0.5, 0.6) is 0 Å². The lowest BCUT2D eigenvalue weighted by molar-refractivity contribution is 0.252. The fourth-order valence-electron chi connectivity index (χ4n) is 1.24. The number of carbonyl (C=O) groups excluding carboxylic acids is 1. The highest BCUT2D eigenvalue weighted by Crippen LogP contribution is 2.12. The predicted octanol–water partition coefficient (Wildman–Crippen LogP) is 0.315. The second kappa shape index (κ2) is 3.01. The van der Waals surface area contributed by atoms with Crippen molar-refractivity contribution in [1.82, 2.24) is 15.3 Å². The third-order valence-corrected chi connectivity index (χ3v) is 1.94. The van der Waals surface area contributed by atoms with E-state index in [1.807, 2.05) is 6.92 Å². The highest BCUT2D eigenvalue weighted by molar-refractivity contribution is 5.93. The molecule has 1 fully saturated rings. The summed E-state index contributed by atoms with van der Waals surface area (Å²) in [5, 5.41) is 2.71. The Hall–Kier alpha value is -1.65. The highest BCUT2D eigenvalue weighted by Gasteiger charge is 2.21. The Labute approximate surface area is 75.8 Å². The van der Waals surface area contributed by atoms with E-state index in [2.05, 4.69) is 15.3 Å². The first-order valence-electron chi connectivity index (χ1n) is 4.11. The van der Waals surface area contributed by atoms with Crippen LogP contribution < -0.4 is 10.2 Å². The summed E-state index contributed by atoms with van der Waals surface area (Å²) in [6.07, 6.45) is 3.32. The van der Waals surface area contributed by atoms with Gasteiger partial charge in [0, 0.05) is 13.1 Å². The van der Waals surface area contributed by atoms with Gasteiger partial charge in [0.2, 0.25) is 0 Å². The van der Waals surface area contributed by atoms with E-state index in [4.69, 9.17) is 0 Å². The molecule has 0 aromatic carbocycles. The number of amides is 2. The number of nitrogens with one attached hydrogen (secondary N) is 1. The van der Waals surface area contributed by atoms with Gasteiger partial charge in [-0.15, -0.1) is 0 Å². The SMILES string of the molecule is Cc1ncc(N2CCNC2=O)cn1. The Morgan fingerprint density at radius 3 is 2.69 bits per heavy atom. The minimum absolute atomic E-state index is 0.0764. The third kappa shape index (κ3) is 1.44. The fourth-order valence-corrected chi connectivity index (χ4v) is 1.24. The van der Waals surface area contributed by atoms with Gasteiger partial charge >= 0.3 is 6.03 Å². The Kier molecular flexibility index (Phi) is 1.84. The molecule has 2 rings (SSSR count). The number of aromatic nitrogens is 2. The summed E-state index contributed by atoms with van der Waals surface area (Å²) in [6, 6.07) is -0.0764. The number of aryl methyl sites for hydroxylation is 1. The van der Waals surface area contributed by atoms with Gasteiger partial charge in [-0.25, -0.2) is 14.8 Å². The first kappa shape index (κ1) is 7.97. The van der Waals surface area contributed by atoms with Crippen LogP contribution in [0.2, 0.25) is 0 Å². The van der Waals surface area contributed by atoms with Crippen molar-refractivity contribution < 1.29 is 4.79 Å². The van der Waals surface area contributed by atoms with Crippen molar-refractivity contribution in [3.63, 3.8) is 0 Å². The summed E-state index contributed by atoms with van der Waals surface area (Å²) in [5.41, 5.74) is 0.751. The molecule has 68 valence electrons. The van der Waals surface area contributed by atoms with Crippen LogP contribution in [0.15, 0.2) is 12.4 Å². The van der Waals surface area contributed by atoms with Crippen molar-refractivity contribution in [3.8, 4) is 0 Å². The van der Waals surface area contributed by atoms with Crippen molar-refractivity contribution >= 4 is 11.7 Å². The molecule has 5 nitrogen and oxygen atoms in total. The maximum atomic E-state index is 11.2. The van der Waals surface area contributed by atoms with Crippen LogP contribution in [-0.2, 0) is 0 Å². The molecule has 1 saturated heterocycles. The molecule has 1 aliphatic rings. The van der Waals surface area contributed by atoms with Crippen molar-refractivity contribution in [2.75, 3.05) is 18.0 Å². The van der Waals surface area contributed by atoms with E-state index >= 15 is 0 Å². The summed E-state index contributed by atoms with van der Waals surface area (Å²) < 4.78 is 0. The molecule has 0 atom stereocenters. The van der Waals surface area contributed by atoms with Crippen LogP contribution in [0.25, 0.3) is 0 Å². The van der Waals surface area contributed by atoms with Crippen LogP contribution >= 0.6 is 0 Å². The average Bonchev–Trinajstić information content (AvgIpc) is 2.53. The number of hydrogen-bond donors (Lipinski definition) is 1. The van der Waals surface area contributed by atoms with Gasteiger partial charge in [0.25, 0.3) is 0 Å². The number of nitrogens with zero attached hydrogens (tertiary/aromatic N) is 3. The molecule has 1 aromatic heterocycles. The van der Waals surface area contributed by atoms with E-state index in [0.29, 0.717) is 18.9 Å². The van der Waals surface area contributed by atoms with Gasteiger partial charge in [-0.2, -0.15) is 0 Å². The Bertz CT molecular complexity index is 321. The molecule has 0 bridgehead atoms. The quantitative estimate of drug-likeness (QED) is 0.673. The molecule has 1 aliphatic heterocycles.